The average Bonchev–Trinajstić information content (AvgIpc) is 2.93. The first kappa shape index (κ1) is 31.5. The van der Waals surface area contributed by atoms with Gasteiger partial charge < -0.3 is 10.4 Å². The summed E-state index contributed by atoms with van der Waals surface area (Å²) in [6, 6.07) is 11.5. The summed E-state index contributed by atoms with van der Waals surface area (Å²) in [7, 11) is 1.26. The van der Waals surface area contributed by atoms with Crippen molar-refractivity contribution in [2.24, 2.45) is 0 Å². The summed E-state index contributed by atoms with van der Waals surface area (Å²) in [6.45, 7) is -0.120. The number of aromatic nitrogens is 2. The summed E-state index contributed by atoms with van der Waals surface area (Å²) in [5.74, 6) is -2.43. The normalized spacial score (nSPS) is 12.0. The van der Waals surface area contributed by atoms with Gasteiger partial charge in [0.2, 0.25) is 17.8 Å². The number of benzene rings is 2. The number of alkyl halides is 3. The fraction of sp³-hybridized carbons (Fsp3) is 0.296. The second kappa shape index (κ2) is 14.5. The van der Waals surface area contributed by atoms with Gasteiger partial charge in [-0.2, -0.15) is 13.2 Å². The van der Waals surface area contributed by atoms with Crippen LogP contribution in [0, 0.1) is 0 Å². The quantitative estimate of drug-likeness (QED) is 0.204. The van der Waals surface area contributed by atoms with Crippen LogP contribution in [0.15, 0.2) is 60.8 Å². The number of carbonyl (C=O) groups is 3. The minimum Gasteiger partial charge on any atom is -0.481 e. The molecule has 2 N–H and O–H groups in total. The monoisotopic (exact) mass is 594 g/mol. The molecule has 1 unspecified atom stereocenters. The molecule has 3 aromatic rings. The van der Waals surface area contributed by atoms with E-state index in [1.807, 2.05) is 0 Å². The fourth-order valence-corrected chi connectivity index (χ4v) is 3.90. The van der Waals surface area contributed by atoms with Gasteiger partial charge in [-0.15, -0.1) is 0 Å². The molecule has 0 saturated carbocycles. The van der Waals surface area contributed by atoms with Crippen LogP contribution >= 0.6 is 11.6 Å². The van der Waals surface area contributed by atoms with Crippen molar-refractivity contribution in [2.75, 3.05) is 18.6 Å². The maximum Gasteiger partial charge on any atom is 0.416 e. The zero-order valence-electron chi connectivity index (χ0n) is 21.7. The molecule has 0 radical (unpaired) electrons. The Morgan fingerprint density at radius 2 is 1.80 bits per heavy atom. The van der Waals surface area contributed by atoms with Gasteiger partial charge in [-0.25, -0.2) is 24.6 Å². The lowest BCUT2D eigenvalue weighted by Crippen LogP contribution is -2.39. The molecular weight excluding hydrogens is 569 g/mol. The van der Waals surface area contributed by atoms with E-state index in [2.05, 4.69) is 20.2 Å². The number of hydrogen-bond donors (Lipinski definition) is 2. The molecule has 0 bridgehead atoms. The van der Waals surface area contributed by atoms with E-state index >= 15 is 0 Å². The van der Waals surface area contributed by atoms with Gasteiger partial charge >= 0.3 is 12.1 Å². The second-order valence-electron chi connectivity index (χ2n) is 8.67. The molecule has 0 saturated heterocycles. The van der Waals surface area contributed by atoms with Gasteiger partial charge in [0.25, 0.3) is 0 Å². The maximum atomic E-state index is 13.4. The Balaban J connectivity index is 1.85. The number of aliphatic carboxylic acids is 1. The Bertz CT molecular complexity index is 1360. The van der Waals surface area contributed by atoms with E-state index in [4.69, 9.17) is 21.6 Å². The standard InChI is InChI=1S/C27H26ClF3N4O6/c1-40-41-16-20(7-12-25(38)39)33-23(36)10-11-24(37)35(21-8-5-18(6-9-21)27(29,30)31)26-32-14-13-22(34-26)17-3-2-4-19(28)15-17/h2-6,8-9,13-15,20H,7,10-12,16H2,1H3,(H,33,36)(H,38,39). The maximum absolute atomic E-state index is 13.4. The predicted molar refractivity (Wildman–Crippen MR) is 142 cm³/mol. The van der Waals surface area contributed by atoms with Gasteiger partial charge in [-0.1, -0.05) is 23.7 Å². The van der Waals surface area contributed by atoms with Crippen LogP contribution in [0.3, 0.4) is 0 Å². The first-order valence-electron chi connectivity index (χ1n) is 12.2. The fourth-order valence-electron chi connectivity index (χ4n) is 3.71. The van der Waals surface area contributed by atoms with Gasteiger partial charge in [0.05, 0.1) is 30.1 Å². The summed E-state index contributed by atoms with van der Waals surface area (Å²) >= 11 is 6.08. The van der Waals surface area contributed by atoms with E-state index in [9.17, 15) is 27.6 Å². The lowest BCUT2D eigenvalue weighted by molar-refractivity contribution is -0.276. The van der Waals surface area contributed by atoms with E-state index in [0.29, 0.717) is 16.3 Å². The van der Waals surface area contributed by atoms with Crippen LogP contribution in [0.25, 0.3) is 11.3 Å². The molecule has 2 aromatic carbocycles. The van der Waals surface area contributed by atoms with Crippen LogP contribution in [-0.4, -0.2) is 52.6 Å². The minimum atomic E-state index is -4.59. The molecule has 1 heterocycles. The zero-order valence-corrected chi connectivity index (χ0v) is 22.5. The van der Waals surface area contributed by atoms with Gasteiger partial charge in [0, 0.05) is 36.0 Å². The Morgan fingerprint density at radius 3 is 2.44 bits per heavy atom. The molecule has 41 heavy (non-hydrogen) atoms. The van der Waals surface area contributed by atoms with E-state index in [-0.39, 0.29) is 43.9 Å². The van der Waals surface area contributed by atoms with E-state index in [1.165, 1.54) is 13.3 Å². The number of anilines is 2. The van der Waals surface area contributed by atoms with Crippen LogP contribution < -0.4 is 10.2 Å². The van der Waals surface area contributed by atoms with Gasteiger partial charge in [0.1, 0.15) is 6.61 Å². The number of carbonyl (C=O) groups excluding carboxylic acids is 2. The number of hydrogen-bond acceptors (Lipinski definition) is 7. The highest BCUT2D eigenvalue weighted by molar-refractivity contribution is 6.30. The lowest BCUT2D eigenvalue weighted by atomic mass is 10.1. The number of carboxylic acid groups (broad SMARTS) is 1. The average molecular weight is 595 g/mol. The summed E-state index contributed by atoms with van der Waals surface area (Å²) in [5.41, 5.74) is 0.164. The summed E-state index contributed by atoms with van der Waals surface area (Å²) < 4.78 is 39.5. The Hall–Kier alpha value is -4.07. The highest BCUT2D eigenvalue weighted by Gasteiger charge is 2.31. The highest BCUT2D eigenvalue weighted by atomic mass is 35.5. The molecule has 0 fully saturated rings. The molecule has 3 rings (SSSR count). The number of nitrogens with zero attached hydrogens (tertiary/aromatic N) is 3. The van der Waals surface area contributed by atoms with E-state index in [0.717, 1.165) is 29.2 Å². The first-order valence-corrected chi connectivity index (χ1v) is 12.6. The number of nitrogens with one attached hydrogen (secondary N) is 1. The van der Waals surface area contributed by atoms with Crippen LogP contribution in [-0.2, 0) is 30.3 Å². The lowest BCUT2D eigenvalue weighted by Gasteiger charge is -2.22. The number of carboxylic acids is 1. The predicted octanol–water partition coefficient (Wildman–Crippen LogP) is 5.19. The van der Waals surface area contributed by atoms with Crippen LogP contribution in [0.1, 0.15) is 31.2 Å². The minimum absolute atomic E-state index is 0.0551. The largest absolute Gasteiger partial charge is 0.481 e. The van der Waals surface area contributed by atoms with Crippen LogP contribution in [0.2, 0.25) is 5.02 Å². The molecule has 0 spiro atoms. The molecule has 14 heteroatoms. The SMILES string of the molecule is COOCC(CCC(=O)O)NC(=O)CCC(=O)N(c1ccc(C(F)(F)F)cc1)c1nccc(-c2cccc(Cl)c2)n1. The van der Waals surface area contributed by atoms with Crippen LogP contribution in [0.4, 0.5) is 24.8 Å². The number of halogens is 4. The van der Waals surface area contributed by atoms with Gasteiger partial charge in [-0.05, 0) is 48.9 Å². The molecule has 10 nitrogen and oxygen atoms in total. The van der Waals surface area contributed by atoms with Crippen LogP contribution in [0.5, 0.6) is 0 Å². The molecule has 218 valence electrons. The molecule has 0 aliphatic carbocycles. The van der Waals surface area contributed by atoms with Crippen molar-refractivity contribution in [3.8, 4) is 11.3 Å². The van der Waals surface area contributed by atoms with Crippen molar-refractivity contribution in [3.63, 3.8) is 0 Å². The smallest absolute Gasteiger partial charge is 0.416 e. The number of amides is 2. The summed E-state index contributed by atoms with van der Waals surface area (Å²) in [4.78, 5) is 55.8. The third kappa shape index (κ3) is 9.52. The Labute approximate surface area is 238 Å². The second-order valence-corrected chi connectivity index (χ2v) is 9.11. The van der Waals surface area contributed by atoms with Crippen molar-refractivity contribution >= 4 is 41.0 Å². The van der Waals surface area contributed by atoms with Gasteiger partial charge in [0.15, 0.2) is 0 Å². The molecule has 1 atom stereocenters. The van der Waals surface area contributed by atoms with Gasteiger partial charge in [-0.3, -0.25) is 14.4 Å². The zero-order chi connectivity index (χ0) is 30.0. The first-order chi connectivity index (χ1) is 19.5. The van der Waals surface area contributed by atoms with E-state index in [1.54, 1.807) is 30.3 Å². The summed E-state index contributed by atoms with van der Waals surface area (Å²) in [5, 5.41) is 12.0. The van der Waals surface area contributed by atoms with Crippen molar-refractivity contribution in [2.45, 2.75) is 37.9 Å². The third-order valence-corrected chi connectivity index (χ3v) is 5.93. The van der Waals surface area contributed by atoms with E-state index < -0.39 is 35.6 Å². The highest BCUT2D eigenvalue weighted by Crippen LogP contribution is 2.32. The molecule has 0 aliphatic heterocycles. The number of rotatable bonds is 13. The van der Waals surface area contributed by atoms with Crippen molar-refractivity contribution in [1.29, 1.82) is 0 Å². The Kier molecular flexibility index (Phi) is 11.1. The molecule has 1 aromatic heterocycles. The molecular formula is C27H26ClF3N4O6. The molecule has 0 aliphatic rings. The third-order valence-electron chi connectivity index (χ3n) is 5.69. The summed E-state index contributed by atoms with van der Waals surface area (Å²) in [6.07, 6.45) is -4.06. The topological polar surface area (TPSA) is 131 Å². The molecule has 2 amide bonds. The van der Waals surface area contributed by atoms with Crippen molar-refractivity contribution in [3.05, 3.63) is 71.4 Å². The van der Waals surface area contributed by atoms with Crippen molar-refractivity contribution < 1.29 is 42.4 Å². The Morgan fingerprint density at radius 1 is 1.07 bits per heavy atom. The van der Waals surface area contributed by atoms with Crippen molar-refractivity contribution in [1.82, 2.24) is 15.3 Å².